The summed E-state index contributed by atoms with van der Waals surface area (Å²) in [5.74, 6) is 0.0236. The van der Waals surface area contributed by atoms with Gasteiger partial charge >= 0.3 is 0 Å². The van der Waals surface area contributed by atoms with Gasteiger partial charge in [0.25, 0.3) is 5.91 Å². The van der Waals surface area contributed by atoms with E-state index >= 15 is 0 Å². The highest BCUT2D eigenvalue weighted by molar-refractivity contribution is 5.95. The third kappa shape index (κ3) is 4.30. The number of aliphatic hydroxyl groups excluding tert-OH is 1. The predicted octanol–water partition coefficient (Wildman–Crippen LogP) is 2.30. The van der Waals surface area contributed by atoms with Crippen LogP contribution in [0.25, 0.3) is 0 Å². The molecule has 0 bridgehead atoms. The number of aryl methyl sites for hydroxylation is 1. The first-order valence-electron chi connectivity index (χ1n) is 8.26. The van der Waals surface area contributed by atoms with Crippen LogP contribution in [0.15, 0.2) is 18.2 Å². The highest BCUT2D eigenvalue weighted by Gasteiger charge is 2.32. The van der Waals surface area contributed by atoms with Gasteiger partial charge in [-0.1, -0.05) is 0 Å². The van der Waals surface area contributed by atoms with Crippen molar-refractivity contribution in [2.75, 3.05) is 33.8 Å². The highest BCUT2D eigenvalue weighted by Crippen LogP contribution is 2.26. The van der Waals surface area contributed by atoms with Gasteiger partial charge in [-0.05, 0) is 70.0 Å². The van der Waals surface area contributed by atoms with Gasteiger partial charge in [0.15, 0.2) is 0 Å². The van der Waals surface area contributed by atoms with Crippen LogP contribution in [0.3, 0.4) is 0 Å². The van der Waals surface area contributed by atoms with Crippen LogP contribution in [0.5, 0.6) is 0 Å². The molecule has 1 aliphatic heterocycles. The second-order valence-electron chi connectivity index (χ2n) is 6.66. The average molecular weight is 322 g/mol. The Morgan fingerprint density at radius 1 is 1.43 bits per heavy atom. The molecule has 1 aromatic carbocycles. The number of carbonyl (C=O) groups excluding carboxylic acids is 1. The Morgan fingerprint density at radius 3 is 2.78 bits per heavy atom. The maximum absolute atomic E-state index is 13.2. The fraction of sp³-hybridized carbons (Fsp3) is 0.611. The van der Waals surface area contributed by atoms with E-state index in [1.54, 1.807) is 13.0 Å². The molecule has 1 amide bonds. The van der Waals surface area contributed by atoms with Crippen molar-refractivity contribution in [3.05, 3.63) is 35.1 Å². The van der Waals surface area contributed by atoms with E-state index in [1.807, 2.05) is 4.90 Å². The zero-order valence-electron chi connectivity index (χ0n) is 14.3. The largest absolute Gasteiger partial charge is 0.396 e. The summed E-state index contributed by atoms with van der Waals surface area (Å²) in [5, 5.41) is 9.11. The number of aliphatic hydroxyl groups is 1. The molecular formula is C18H27FN2O2. The molecule has 0 saturated carbocycles. The Morgan fingerprint density at radius 2 is 2.17 bits per heavy atom. The van der Waals surface area contributed by atoms with Gasteiger partial charge in [-0.3, -0.25) is 4.79 Å². The van der Waals surface area contributed by atoms with Crippen molar-refractivity contribution in [1.82, 2.24) is 9.80 Å². The van der Waals surface area contributed by atoms with Crippen molar-refractivity contribution in [1.29, 1.82) is 0 Å². The van der Waals surface area contributed by atoms with Gasteiger partial charge in [0, 0.05) is 31.3 Å². The van der Waals surface area contributed by atoms with Gasteiger partial charge < -0.3 is 14.9 Å². The molecule has 1 aliphatic rings. The van der Waals surface area contributed by atoms with E-state index in [9.17, 15) is 9.18 Å². The summed E-state index contributed by atoms with van der Waals surface area (Å²) in [6, 6.07) is 4.76. The van der Waals surface area contributed by atoms with E-state index in [0.29, 0.717) is 36.2 Å². The number of carbonyl (C=O) groups is 1. The number of nitrogens with zero attached hydrogens (tertiary/aromatic N) is 2. The molecule has 128 valence electrons. The van der Waals surface area contributed by atoms with Gasteiger partial charge in [0.1, 0.15) is 5.82 Å². The van der Waals surface area contributed by atoms with Gasteiger partial charge in [-0.25, -0.2) is 4.39 Å². The molecule has 1 fully saturated rings. The van der Waals surface area contributed by atoms with Gasteiger partial charge in [0.05, 0.1) is 0 Å². The van der Waals surface area contributed by atoms with Crippen molar-refractivity contribution < 1.29 is 14.3 Å². The Kier molecular flexibility index (Phi) is 6.13. The third-order valence-corrected chi connectivity index (χ3v) is 4.80. The summed E-state index contributed by atoms with van der Waals surface area (Å²) in [6.07, 6.45) is 2.59. The van der Waals surface area contributed by atoms with E-state index in [2.05, 4.69) is 19.0 Å². The maximum Gasteiger partial charge on any atom is 0.254 e. The molecule has 4 nitrogen and oxygen atoms in total. The first-order chi connectivity index (χ1) is 10.9. The minimum absolute atomic E-state index is 0.0197. The summed E-state index contributed by atoms with van der Waals surface area (Å²) >= 11 is 0. The fourth-order valence-electron chi connectivity index (χ4n) is 3.56. The highest BCUT2D eigenvalue weighted by atomic mass is 19.1. The van der Waals surface area contributed by atoms with Crippen molar-refractivity contribution in [3.8, 4) is 0 Å². The van der Waals surface area contributed by atoms with E-state index in [4.69, 9.17) is 5.11 Å². The molecule has 2 rings (SSSR count). The van der Waals surface area contributed by atoms with Gasteiger partial charge in [-0.15, -0.1) is 0 Å². The summed E-state index contributed by atoms with van der Waals surface area (Å²) in [5.41, 5.74) is 1.26. The molecule has 1 heterocycles. The van der Waals surface area contributed by atoms with Crippen LogP contribution < -0.4 is 0 Å². The summed E-state index contributed by atoms with van der Waals surface area (Å²) < 4.78 is 13.2. The average Bonchev–Trinajstić information content (AvgIpc) is 2.51. The van der Waals surface area contributed by atoms with Crippen molar-refractivity contribution in [2.45, 2.75) is 32.2 Å². The minimum Gasteiger partial charge on any atom is -0.396 e. The predicted molar refractivity (Wildman–Crippen MR) is 88.9 cm³/mol. The first kappa shape index (κ1) is 17.9. The lowest BCUT2D eigenvalue weighted by Crippen LogP contribution is -2.50. The molecule has 2 atom stereocenters. The quantitative estimate of drug-likeness (QED) is 0.905. The van der Waals surface area contributed by atoms with Gasteiger partial charge in [0.2, 0.25) is 0 Å². The van der Waals surface area contributed by atoms with Crippen LogP contribution in [0, 0.1) is 18.7 Å². The van der Waals surface area contributed by atoms with Crippen LogP contribution in [-0.4, -0.2) is 60.6 Å². The normalized spacial score (nSPS) is 21.7. The molecule has 23 heavy (non-hydrogen) atoms. The first-order valence-corrected chi connectivity index (χ1v) is 8.26. The van der Waals surface area contributed by atoms with Crippen LogP contribution >= 0.6 is 0 Å². The Hall–Kier alpha value is -1.46. The Labute approximate surface area is 137 Å². The molecule has 0 radical (unpaired) electrons. The molecule has 5 heteroatoms. The minimum atomic E-state index is -0.314. The van der Waals surface area contributed by atoms with E-state index in [-0.39, 0.29) is 18.3 Å². The standard InChI is InChI=1S/C18H27FN2O2/c1-13-11-15(19)6-7-16(13)18(23)21-9-8-17(20(2)3)14(12-21)5-4-10-22/h6-7,11,14,17,22H,4-5,8-10,12H2,1-3H3/t14-,17+/m0/s1. The van der Waals surface area contributed by atoms with Crippen LogP contribution in [0.1, 0.15) is 35.2 Å². The molecule has 1 aromatic rings. The summed E-state index contributed by atoms with van der Waals surface area (Å²) in [4.78, 5) is 16.9. The number of hydrogen-bond acceptors (Lipinski definition) is 3. The topological polar surface area (TPSA) is 43.8 Å². The third-order valence-electron chi connectivity index (χ3n) is 4.80. The monoisotopic (exact) mass is 322 g/mol. The van der Waals surface area contributed by atoms with Crippen LogP contribution in [0.2, 0.25) is 0 Å². The molecule has 0 aromatic heterocycles. The SMILES string of the molecule is Cc1cc(F)ccc1C(=O)N1CC[C@@H](N(C)C)[C@@H](CCCO)C1. The van der Waals surface area contributed by atoms with Crippen molar-refractivity contribution >= 4 is 5.91 Å². The molecule has 0 aliphatic carbocycles. The summed E-state index contributed by atoms with van der Waals surface area (Å²) in [6.45, 7) is 3.36. The lowest BCUT2D eigenvalue weighted by atomic mass is 9.87. The molecule has 1 N–H and O–H groups in total. The van der Waals surface area contributed by atoms with Crippen molar-refractivity contribution in [3.63, 3.8) is 0 Å². The van der Waals surface area contributed by atoms with Crippen LogP contribution in [-0.2, 0) is 0 Å². The maximum atomic E-state index is 13.2. The van der Waals surface area contributed by atoms with E-state index < -0.39 is 0 Å². The second-order valence-corrected chi connectivity index (χ2v) is 6.66. The molecule has 0 unspecified atom stereocenters. The number of rotatable bonds is 5. The van der Waals surface area contributed by atoms with Crippen LogP contribution in [0.4, 0.5) is 4.39 Å². The zero-order chi connectivity index (χ0) is 17.0. The summed E-state index contributed by atoms with van der Waals surface area (Å²) in [7, 11) is 4.14. The second kappa shape index (κ2) is 7.88. The van der Waals surface area contributed by atoms with Crippen molar-refractivity contribution in [2.24, 2.45) is 5.92 Å². The Bertz CT molecular complexity index is 548. The van der Waals surface area contributed by atoms with E-state index in [0.717, 1.165) is 19.3 Å². The molecular weight excluding hydrogens is 295 g/mol. The molecule has 0 spiro atoms. The Balaban J connectivity index is 2.12. The lowest BCUT2D eigenvalue weighted by Gasteiger charge is -2.42. The number of halogens is 1. The molecule has 1 saturated heterocycles. The zero-order valence-corrected chi connectivity index (χ0v) is 14.3. The fourth-order valence-corrected chi connectivity index (χ4v) is 3.56. The number of benzene rings is 1. The van der Waals surface area contributed by atoms with E-state index in [1.165, 1.54) is 12.1 Å². The smallest absolute Gasteiger partial charge is 0.254 e. The van der Waals surface area contributed by atoms with Gasteiger partial charge in [-0.2, -0.15) is 0 Å². The number of amides is 1. The number of piperidine rings is 1. The number of hydrogen-bond donors (Lipinski definition) is 1. The lowest BCUT2D eigenvalue weighted by molar-refractivity contribution is 0.0495. The number of likely N-dealkylation sites (tertiary alicyclic amines) is 1.